The zero-order chi connectivity index (χ0) is 37.2. The van der Waals surface area contributed by atoms with Crippen molar-refractivity contribution < 1.29 is 33.3 Å². The van der Waals surface area contributed by atoms with E-state index in [2.05, 4.69) is 27.0 Å². The van der Waals surface area contributed by atoms with Gasteiger partial charge in [-0.2, -0.15) is 0 Å². The molecule has 13 nitrogen and oxygen atoms in total. The van der Waals surface area contributed by atoms with Gasteiger partial charge in [-0.1, -0.05) is 48.5 Å². The molecule has 1 saturated heterocycles. The van der Waals surface area contributed by atoms with Crippen LogP contribution in [0.3, 0.4) is 0 Å². The highest BCUT2D eigenvalue weighted by Crippen LogP contribution is 2.37. The largest absolute Gasteiger partial charge is 0.514 e. The van der Waals surface area contributed by atoms with Crippen molar-refractivity contribution in [3.05, 3.63) is 108 Å². The number of nitrogens with one attached hydrogen (secondary N) is 1. The van der Waals surface area contributed by atoms with E-state index in [0.717, 1.165) is 40.2 Å². The van der Waals surface area contributed by atoms with Gasteiger partial charge in [-0.3, -0.25) is 4.79 Å². The van der Waals surface area contributed by atoms with Gasteiger partial charge in [0.05, 0.1) is 24.4 Å². The Labute approximate surface area is 311 Å². The van der Waals surface area contributed by atoms with Crippen molar-refractivity contribution in [1.82, 2.24) is 29.3 Å². The highest BCUT2D eigenvalue weighted by Gasteiger charge is 2.37. The van der Waals surface area contributed by atoms with Crippen molar-refractivity contribution in [2.45, 2.75) is 44.6 Å². The van der Waals surface area contributed by atoms with E-state index in [4.69, 9.17) is 23.9 Å². The quantitative estimate of drug-likeness (QED) is 0.120. The van der Waals surface area contributed by atoms with Crippen molar-refractivity contribution in [2.75, 3.05) is 20.2 Å². The van der Waals surface area contributed by atoms with Gasteiger partial charge in [0.15, 0.2) is 5.82 Å². The van der Waals surface area contributed by atoms with E-state index < -0.39 is 24.4 Å². The number of aromatic nitrogens is 4. The Morgan fingerprint density at radius 3 is 2.46 bits per heavy atom. The molecule has 54 heavy (non-hydrogen) atoms. The topological polar surface area (TPSA) is 139 Å². The fraction of sp³-hybridized carbons (Fsp3) is 0.293. The number of alkyl carbamates (subject to hydrolysis) is 1. The molecule has 0 unspecified atom stereocenters. The summed E-state index contributed by atoms with van der Waals surface area (Å²) in [6.07, 6.45) is 2.03. The lowest BCUT2D eigenvalue weighted by atomic mass is 10.0. The Morgan fingerprint density at radius 2 is 1.70 bits per heavy atom. The monoisotopic (exact) mass is 728 g/mol. The molecule has 6 aromatic rings. The van der Waals surface area contributed by atoms with Gasteiger partial charge in [0, 0.05) is 50.2 Å². The Bertz CT molecular complexity index is 2320. The Hall–Kier alpha value is -6.37. The van der Waals surface area contributed by atoms with E-state index in [9.17, 15) is 14.4 Å². The summed E-state index contributed by atoms with van der Waals surface area (Å²) in [5.74, 6) is 1.89. The molecule has 1 saturated carbocycles. The average Bonchev–Trinajstić information content (AvgIpc) is 3.86. The van der Waals surface area contributed by atoms with E-state index in [1.165, 1.54) is 12.8 Å². The van der Waals surface area contributed by atoms with Crippen molar-refractivity contribution in [3.8, 4) is 23.0 Å². The number of aryl methyl sites for hydroxylation is 1. The molecular formula is C41H40N6O7. The highest BCUT2D eigenvalue weighted by atomic mass is 16.7. The molecule has 3 aromatic heterocycles. The van der Waals surface area contributed by atoms with Crippen molar-refractivity contribution in [2.24, 2.45) is 13.0 Å². The number of piperidine rings is 1. The van der Waals surface area contributed by atoms with Gasteiger partial charge in [0.25, 0.3) is 5.91 Å². The van der Waals surface area contributed by atoms with Crippen LogP contribution in [0.5, 0.6) is 11.5 Å². The Morgan fingerprint density at radius 1 is 0.926 bits per heavy atom. The minimum Gasteiger partial charge on any atom is -0.494 e. The molecule has 8 rings (SSSR count). The molecule has 1 aliphatic carbocycles. The summed E-state index contributed by atoms with van der Waals surface area (Å²) < 4.78 is 26.6. The summed E-state index contributed by atoms with van der Waals surface area (Å²) in [5.41, 5.74) is 4.41. The molecule has 0 bridgehead atoms. The fourth-order valence-corrected chi connectivity index (χ4v) is 7.06. The number of para-hydroxylation sites is 1. The Balaban J connectivity index is 1.05. The van der Waals surface area contributed by atoms with Crippen LogP contribution in [0.2, 0.25) is 0 Å². The van der Waals surface area contributed by atoms with Crippen molar-refractivity contribution in [1.29, 1.82) is 0 Å². The van der Waals surface area contributed by atoms with Gasteiger partial charge in [-0.15, -0.1) is 0 Å². The number of amides is 2. The molecule has 2 fully saturated rings. The van der Waals surface area contributed by atoms with Crippen LogP contribution in [0.15, 0.2) is 97.2 Å². The second kappa shape index (κ2) is 14.9. The van der Waals surface area contributed by atoms with Crippen molar-refractivity contribution in [3.63, 3.8) is 0 Å². The lowest BCUT2D eigenvalue weighted by molar-refractivity contribution is 0.00464. The predicted octanol–water partition coefficient (Wildman–Crippen LogP) is 6.73. The van der Waals surface area contributed by atoms with Crippen LogP contribution >= 0.6 is 0 Å². The van der Waals surface area contributed by atoms with Gasteiger partial charge in [-0.05, 0) is 66.8 Å². The number of rotatable bonds is 10. The molecule has 2 aliphatic rings. The first-order valence-corrected chi connectivity index (χ1v) is 18.0. The summed E-state index contributed by atoms with van der Waals surface area (Å²) in [7, 11) is 3.52. The third kappa shape index (κ3) is 7.29. The third-order valence-electron chi connectivity index (χ3n) is 9.97. The van der Waals surface area contributed by atoms with E-state index in [-0.39, 0.29) is 32.0 Å². The normalized spacial score (nSPS) is 17.0. The molecule has 0 radical (unpaired) electrons. The van der Waals surface area contributed by atoms with Crippen molar-refractivity contribution >= 4 is 40.2 Å². The predicted molar refractivity (Wildman–Crippen MR) is 200 cm³/mol. The number of carbonyl (C=O) groups is 3. The number of likely N-dealkylation sites (tertiary alicyclic amines) is 1. The van der Waals surface area contributed by atoms with Crippen LogP contribution in [0.4, 0.5) is 9.59 Å². The first-order chi connectivity index (χ1) is 26.3. The molecule has 1 N–H and O–H groups in total. The maximum atomic E-state index is 14.2. The maximum absolute atomic E-state index is 14.2. The highest BCUT2D eigenvalue weighted by molar-refractivity contribution is 6.00. The second-order valence-electron chi connectivity index (χ2n) is 13.7. The lowest BCUT2D eigenvalue weighted by Gasteiger charge is -2.37. The molecule has 3 aromatic carbocycles. The number of ether oxygens (including phenoxy) is 4. The van der Waals surface area contributed by atoms with E-state index in [1.54, 1.807) is 54.5 Å². The molecule has 4 heterocycles. The van der Waals surface area contributed by atoms with Crippen LogP contribution in [-0.4, -0.2) is 74.5 Å². The summed E-state index contributed by atoms with van der Waals surface area (Å²) in [6.45, 7) is 1.21. The number of imidazole rings is 1. The number of carbonyl (C=O) groups excluding carboxylic acids is 3. The molecule has 1 aliphatic heterocycles. The van der Waals surface area contributed by atoms with Gasteiger partial charge in [0.2, 0.25) is 0 Å². The maximum Gasteiger partial charge on any atom is 0.514 e. The summed E-state index contributed by atoms with van der Waals surface area (Å²) in [4.78, 5) is 51.5. The molecule has 13 heteroatoms. The van der Waals surface area contributed by atoms with E-state index in [1.807, 2.05) is 54.2 Å². The molecule has 276 valence electrons. The van der Waals surface area contributed by atoms with E-state index in [0.29, 0.717) is 28.5 Å². The first kappa shape index (κ1) is 34.7. The number of pyridine rings is 1. The standard InChI is InChI=1S/C41H40N6O7/c1-45-36-31(43-38(45)33-21-28-12-9-18-42-37(28)47(33)23-26-15-16-26)20-29(22-35(36)51-2)39(48)46-19-17-34(54-41(50)53-30-13-7-4-8-14-30)32(24-46)44-40(49)52-25-27-10-5-3-6-11-27/h3-14,18,20-22,26,32,34H,15-17,19,23-25H2,1-2H3,(H,44,49)/t32-,34+/m0/s1. The smallest absolute Gasteiger partial charge is 0.494 e. The molecule has 2 amide bonds. The minimum absolute atomic E-state index is 0.0463. The number of hydrogen-bond donors (Lipinski definition) is 1. The number of methoxy groups -OCH3 is 1. The van der Waals surface area contributed by atoms with E-state index >= 15 is 0 Å². The fourth-order valence-electron chi connectivity index (χ4n) is 7.06. The zero-order valence-electron chi connectivity index (χ0n) is 30.0. The zero-order valence-corrected chi connectivity index (χ0v) is 30.0. The van der Waals surface area contributed by atoms with Crippen LogP contribution in [0.25, 0.3) is 33.6 Å². The summed E-state index contributed by atoms with van der Waals surface area (Å²) in [5, 5.41) is 3.86. The first-order valence-electron chi connectivity index (χ1n) is 18.0. The van der Waals surface area contributed by atoms with Crippen LogP contribution < -0.4 is 14.8 Å². The number of hydrogen-bond acceptors (Lipinski definition) is 9. The molecular weight excluding hydrogens is 688 g/mol. The lowest BCUT2D eigenvalue weighted by Crippen LogP contribution is -2.57. The van der Waals surface area contributed by atoms with Gasteiger partial charge >= 0.3 is 12.2 Å². The number of fused-ring (bicyclic) bond motifs is 2. The minimum atomic E-state index is -0.913. The summed E-state index contributed by atoms with van der Waals surface area (Å²) in [6, 6.07) is 26.6. The van der Waals surface area contributed by atoms with Crippen LogP contribution in [0, 0.1) is 5.92 Å². The third-order valence-corrected chi connectivity index (χ3v) is 9.97. The molecule has 0 spiro atoms. The van der Waals surface area contributed by atoms with Crippen LogP contribution in [-0.2, 0) is 29.7 Å². The second-order valence-corrected chi connectivity index (χ2v) is 13.7. The van der Waals surface area contributed by atoms with Gasteiger partial charge < -0.3 is 38.3 Å². The van der Waals surface area contributed by atoms with Gasteiger partial charge in [-0.25, -0.2) is 19.6 Å². The number of nitrogens with zero attached hydrogens (tertiary/aromatic N) is 5. The molecule has 2 atom stereocenters. The van der Waals surface area contributed by atoms with Gasteiger partial charge in [0.1, 0.15) is 35.4 Å². The SMILES string of the molecule is COc1cc(C(=O)N2CC[C@@H](OC(=O)Oc3ccccc3)[C@@H](NC(=O)OCc3ccccc3)C2)cc2nc(-c3cc4cccnc4n3CC3CC3)n(C)c12. The van der Waals surface area contributed by atoms with Crippen LogP contribution in [0.1, 0.15) is 35.2 Å². The summed E-state index contributed by atoms with van der Waals surface area (Å²) >= 11 is 0. The average molecular weight is 729 g/mol. The Kier molecular flexibility index (Phi) is 9.60. The number of benzene rings is 3.